The fourth-order valence-electron chi connectivity index (χ4n) is 2.59. The predicted octanol–water partition coefficient (Wildman–Crippen LogP) is -0.951. The van der Waals surface area contributed by atoms with Gasteiger partial charge in [0, 0.05) is 12.4 Å². The van der Waals surface area contributed by atoms with Crippen LogP contribution in [0.25, 0.3) is 11.0 Å². The van der Waals surface area contributed by atoms with Gasteiger partial charge >= 0.3 is 5.97 Å². The molecule has 0 aromatic carbocycles. The van der Waals surface area contributed by atoms with Crippen LogP contribution in [0.3, 0.4) is 0 Å². The van der Waals surface area contributed by atoms with E-state index < -0.39 is 37.1 Å². The molecule has 9 heteroatoms. The van der Waals surface area contributed by atoms with Crippen molar-refractivity contribution in [2.75, 3.05) is 6.61 Å². The lowest BCUT2D eigenvalue weighted by molar-refractivity contribution is -0.0509. The molecule has 0 amide bonds. The molecule has 1 unspecified atom stereocenters. The van der Waals surface area contributed by atoms with Crippen LogP contribution < -0.4 is 0 Å². The fraction of sp³-hybridized carbons (Fsp3) is 0.462. The third kappa shape index (κ3) is 2.15. The molecule has 2 aromatic rings. The number of fused-ring (bicyclic) bond motifs is 1. The van der Waals surface area contributed by atoms with Crippen molar-refractivity contribution in [3.8, 4) is 0 Å². The molecule has 22 heavy (non-hydrogen) atoms. The SMILES string of the molecule is Cc1ncc2c(C(=O)O)cn([C@@H]3OC(CO)[C@@H](O)[C@H]3O)c2n1. The monoisotopic (exact) mass is 309 g/mol. The predicted molar refractivity (Wildman–Crippen MR) is 72.2 cm³/mol. The first kappa shape index (κ1) is 14.9. The van der Waals surface area contributed by atoms with Crippen molar-refractivity contribution in [1.82, 2.24) is 14.5 Å². The summed E-state index contributed by atoms with van der Waals surface area (Å²) >= 11 is 0. The van der Waals surface area contributed by atoms with Gasteiger partial charge < -0.3 is 29.7 Å². The van der Waals surface area contributed by atoms with E-state index in [-0.39, 0.29) is 11.2 Å². The van der Waals surface area contributed by atoms with E-state index in [0.29, 0.717) is 11.2 Å². The summed E-state index contributed by atoms with van der Waals surface area (Å²) in [6.45, 7) is 1.18. The number of aliphatic hydroxyl groups is 3. The Hall–Kier alpha value is -2.07. The first-order valence-corrected chi connectivity index (χ1v) is 6.64. The maximum absolute atomic E-state index is 11.3. The Kier molecular flexibility index (Phi) is 3.57. The molecule has 3 heterocycles. The van der Waals surface area contributed by atoms with Crippen LogP contribution in [-0.4, -0.2) is 65.8 Å². The molecule has 118 valence electrons. The van der Waals surface area contributed by atoms with E-state index >= 15 is 0 Å². The van der Waals surface area contributed by atoms with Gasteiger partial charge in [0.25, 0.3) is 0 Å². The van der Waals surface area contributed by atoms with Crippen LogP contribution in [0.2, 0.25) is 0 Å². The molecule has 1 aliphatic heterocycles. The third-order valence-corrected chi connectivity index (χ3v) is 3.71. The maximum Gasteiger partial charge on any atom is 0.337 e. The molecule has 1 fully saturated rings. The number of aromatic carboxylic acids is 1. The van der Waals surface area contributed by atoms with Crippen molar-refractivity contribution in [3.63, 3.8) is 0 Å². The van der Waals surface area contributed by atoms with Gasteiger partial charge in [-0.3, -0.25) is 0 Å². The highest BCUT2D eigenvalue weighted by atomic mass is 16.6. The van der Waals surface area contributed by atoms with Gasteiger partial charge in [-0.25, -0.2) is 14.8 Å². The van der Waals surface area contributed by atoms with Gasteiger partial charge in [-0.1, -0.05) is 0 Å². The Balaban J connectivity index is 2.15. The van der Waals surface area contributed by atoms with Crippen LogP contribution >= 0.6 is 0 Å². The van der Waals surface area contributed by atoms with Crippen molar-refractivity contribution in [2.24, 2.45) is 0 Å². The zero-order valence-corrected chi connectivity index (χ0v) is 11.6. The normalized spacial score (nSPS) is 28.4. The summed E-state index contributed by atoms with van der Waals surface area (Å²) in [5.41, 5.74) is 0.243. The van der Waals surface area contributed by atoms with Gasteiger partial charge in [0.1, 0.15) is 29.8 Å². The van der Waals surface area contributed by atoms with E-state index in [0.717, 1.165) is 0 Å². The average molecular weight is 309 g/mol. The molecule has 0 bridgehead atoms. The number of carbonyl (C=O) groups is 1. The first-order chi connectivity index (χ1) is 10.4. The van der Waals surface area contributed by atoms with E-state index in [4.69, 9.17) is 9.84 Å². The number of aliphatic hydroxyl groups excluding tert-OH is 3. The van der Waals surface area contributed by atoms with E-state index in [1.165, 1.54) is 17.0 Å². The van der Waals surface area contributed by atoms with Crippen LogP contribution in [0.4, 0.5) is 0 Å². The summed E-state index contributed by atoms with van der Waals surface area (Å²) in [7, 11) is 0. The van der Waals surface area contributed by atoms with Crippen molar-refractivity contribution in [2.45, 2.75) is 31.5 Å². The number of aromatic nitrogens is 3. The molecule has 4 N–H and O–H groups in total. The van der Waals surface area contributed by atoms with Crippen molar-refractivity contribution >= 4 is 17.0 Å². The number of hydrogen-bond acceptors (Lipinski definition) is 7. The minimum absolute atomic E-state index is 0.0345. The fourth-order valence-corrected chi connectivity index (χ4v) is 2.59. The van der Waals surface area contributed by atoms with Gasteiger partial charge in [-0.05, 0) is 6.92 Å². The molecule has 1 saturated heterocycles. The first-order valence-electron chi connectivity index (χ1n) is 6.64. The largest absolute Gasteiger partial charge is 0.478 e. The van der Waals surface area contributed by atoms with E-state index in [1.54, 1.807) is 6.92 Å². The zero-order chi connectivity index (χ0) is 16.0. The number of aryl methyl sites for hydroxylation is 1. The van der Waals surface area contributed by atoms with Crippen LogP contribution in [-0.2, 0) is 4.74 Å². The summed E-state index contributed by atoms with van der Waals surface area (Å²) in [4.78, 5) is 19.5. The van der Waals surface area contributed by atoms with Crippen LogP contribution in [0.15, 0.2) is 12.4 Å². The number of rotatable bonds is 3. The molecule has 0 radical (unpaired) electrons. The quantitative estimate of drug-likeness (QED) is 0.569. The number of carboxylic acid groups (broad SMARTS) is 1. The van der Waals surface area contributed by atoms with Gasteiger partial charge in [0.15, 0.2) is 6.23 Å². The van der Waals surface area contributed by atoms with Crippen LogP contribution in [0, 0.1) is 6.92 Å². The minimum Gasteiger partial charge on any atom is -0.478 e. The lowest BCUT2D eigenvalue weighted by atomic mass is 10.1. The lowest BCUT2D eigenvalue weighted by Gasteiger charge is -2.17. The third-order valence-electron chi connectivity index (χ3n) is 3.71. The summed E-state index contributed by atoms with van der Waals surface area (Å²) in [5.74, 6) is -0.738. The van der Waals surface area contributed by atoms with Crippen molar-refractivity contribution in [1.29, 1.82) is 0 Å². The molecule has 0 saturated carbocycles. The standard InChI is InChI=1S/C13H15N3O6/c1-5-14-2-6-7(13(20)21)3-16(11(6)15-5)12-10(19)9(18)8(4-17)22-12/h2-3,8-10,12,17-19H,4H2,1H3,(H,20,21)/t8?,9-,10-,12-/m1/s1. The Labute approximate surface area is 124 Å². The molecule has 2 aromatic heterocycles. The summed E-state index contributed by atoms with van der Waals surface area (Å²) in [5, 5.41) is 38.6. The molecular formula is C13H15N3O6. The Bertz CT molecular complexity index is 730. The minimum atomic E-state index is -1.32. The van der Waals surface area contributed by atoms with Crippen molar-refractivity contribution in [3.05, 3.63) is 23.8 Å². The zero-order valence-electron chi connectivity index (χ0n) is 11.6. The second-order valence-corrected chi connectivity index (χ2v) is 5.14. The highest BCUT2D eigenvalue weighted by Gasteiger charge is 2.44. The van der Waals surface area contributed by atoms with Crippen LogP contribution in [0.5, 0.6) is 0 Å². The van der Waals surface area contributed by atoms with Gasteiger partial charge in [0.2, 0.25) is 0 Å². The van der Waals surface area contributed by atoms with Crippen LogP contribution in [0.1, 0.15) is 22.4 Å². The Morgan fingerprint density at radius 3 is 2.73 bits per heavy atom. The topological polar surface area (TPSA) is 138 Å². The summed E-state index contributed by atoms with van der Waals surface area (Å²) < 4.78 is 6.77. The highest BCUT2D eigenvalue weighted by molar-refractivity contribution is 6.02. The molecule has 0 spiro atoms. The summed E-state index contributed by atoms with van der Waals surface area (Å²) in [6.07, 6.45) is -1.92. The Morgan fingerprint density at radius 1 is 1.41 bits per heavy atom. The molecule has 9 nitrogen and oxygen atoms in total. The number of nitrogens with zero attached hydrogens (tertiary/aromatic N) is 3. The Morgan fingerprint density at radius 2 is 2.14 bits per heavy atom. The molecule has 4 atom stereocenters. The number of ether oxygens (including phenoxy) is 1. The second-order valence-electron chi connectivity index (χ2n) is 5.14. The van der Waals surface area contributed by atoms with Gasteiger partial charge in [-0.2, -0.15) is 0 Å². The van der Waals surface area contributed by atoms with E-state index in [9.17, 15) is 20.1 Å². The molecular weight excluding hydrogens is 294 g/mol. The van der Waals surface area contributed by atoms with E-state index in [1.807, 2.05) is 0 Å². The average Bonchev–Trinajstić information content (AvgIpc) is 2.98. The number of carboxylic acids is 1. The smallest absolute Gasteiger partial charge is 0.337 e. The van der Waals surface area contributed by atoms with Crippen molar-refractivity contribution < 1.29 is 30.0 Å². The lowest BCUT2D eigenvalue weighted by Crippen LogP contribution is -2.33. The highest BCUT2D eigenvalue weighted by Crippen LogP contribution is 2.33. The maximum atomic E-state index is 11.3. The van der Waals surface area contributed by atoms with Gasteiger partial charge in [0.05, 0.1) is 17.6 Å². The second kappa shape index (κ2) is 5.29. The molecule has 1 aliphatic rings. The summed E-state index contributed by atoms with van der Waals surface area (Å²) in [6, 6.07) is 0. The van der Waals surface area contributed by atoms with E-state index in [2.05, 4.69) is 9.97 Å². The molecule has 0 aliphatic carbocycles. The number of hydrogen-bond donors (Lipinski definition) is 4. The van der Waals surface area contributed by atoms with Gasteiger partial charge in [-0.15, -0.1) is 0 Å². The molecule has 3 rings (SSSR count).